The van der Waals surface area contributed by atoms with Crippen molar-refractivity contribution in [3.8, 4) is 11.5 Å². The molecule has 1 saturated heterocycles. The van der Waals surface area contributed by atoms with Crippen LogP contribution in [-0.2, 0) is 7.05 Å². The van der Waals surface area contributed by atoms with Crippen LogP contribution in [0.15, 0.2) is 22.9 Å². The largest absolute Gasteiger partial charge is 0.348 e. The molecule has 0 spiro atoms. The lowest BCUT2D eigenvalue weighted by atomic mass is 10.2. The number of hydrogen-bond donors (Lipinski definition) is 1. The highest BCUT2D eigenvalue weighted by Gasteiger charge is 2.22. The summed E-state index contributed by atoms with van der Waals surface area (Å²) in [5.74, 6) is 1.37. The van der Waals surface area contributed by atoms with E-state index in [1.54, 1.807) is 0 Å². The van der Waals surface area contributed by atoms with E-state index in [0.29, 0.717) is 11.7 Å². The van der Waals surface area contributed by atoms with E-state index >= 15 is 0 Å². The fourth-order valence-corrected chi connectivity index (χ4v) is 2.07. The predicted octanol–water partition coefficient (Wildman–Crippen LogP) is 1.50. The first kappa shape index (κ1) is 9.59. The van der Waals surface area contributed by atoms with E-state index in [-0.39, 0.29) is 6.04 Å². The minimum atomic E-state index is 0.238. The molecule has 16 heavy (non-hydrogen) atoms. The van der Waals surface area contributed by atoms with E-state index < -0.39 is 0 Å². The summed E-state index contributed by atoms with van der Waals surface area (Å²) in [6.45, 7) is 1.03. The lowest BCUT2D eigenvalue weighted by Gasteiger charge is -2.01. The summed E-state index contributed by atoms with van der Waals surface area (Å²) in [4.78, 5) is 4.43. The Kier molecular flexibility index (Phi) is 2.25. The lowest BCUT2D eigenvalue weighted by Crippen LogP contribution is -2.13. The molecule has 3 heterocycles. The molecule has 5 nitrogen and oxygen atoms in total. The Balaban J connectivity index is 1.90. The van der Waals surface area contributed by atoms with E-state index in [1.165, 1.54) is 6.42 Å². The van der Waals surface area contributed by atoms with E-state index in [4.69, 9.17) is 4.52 Å². The molecular weight excluding hydrogens is 204 g/mol. The van der Waals surface area contributed by atoms with Gasteiger partial charge in [0.15, 0.2) is 0 Å². The number of hydrogen-bond acceptors (Lipinski definition) is 4. The zero-order valence-electron chi connectivity index (χ0n) is 9.18. The van der Waals surface area contributed by atoms with Gasteiger partial charge in [-0.05, 0) is 31.5 Å². The molecule has 1 aliphatic heterocycles. The van der Waals surface area contributed by atoms with Gasteiger partial charge in [0.1, 0.15) is 0 Å². The van der Waals surface area contributed by atoms with Crippen molar-refractivity contribution in [2.75, 3.05) is 6.54 Å². The minimum absolute atomic E-state index is 0.238. The van der Waals surface area contributed by atoms with Gasteiger partial charge in [-0.2, -0.15) is 4.98 Å². The topological polar surface area (TPSA) is 55.9 Å². The summed E-state index contributed by atoms with van der Waals surface area (Å²) >= 11 is 0. The van der Waals surface area contributed by atoms with E-state index in [0.717, 1.165) is 18.7 Å². The van der Waals surface area contributed by atoms with E-state index in [2.05, 4.69) is 15.5 Å². The van der Waals surface area contributed by atoms with Crippen molar-refractivity contribution in [1.29, 1.82) is 0 Å². The second-order valence-electron chi connectivity index (χ2n) is 4.11. The maximum absolute atomic E-state index is 5.29. The third-order valence-corrected chi connectivity index (χ3v) is 2.97. The SMILES string of the molecule is Cn1cccc1-c1noc(C2CCCN2)n1. The monoisotopic (exact) mass is 218 g/mol. The van der Waals surface area contributed by atoms with Crippen molar-refractivity contribution in [1.82, 2.24) is 20.0 Å². The van der Waals surface area contributed by atoms with Gasteiger partial charge in [0.2, 0.25) is 11.7 Å². The molecule has 2 aromatic heterocycles. The lowest BCUT2D eigenvalue weighted by molar-refractivity contribution is 0.344. The van der Waals surface area contributed by atoms with Gasteiger partial charge in [-0.15, -0.1) is 0 Å². The van der Waals surface area contributed by atoms with Crippen LogP contribution in [0, 0.1) is 0 Å². The molecule has 0 amide bonds. The quantitative estimate of drug-likeness (QED) is 0.830. The average molecular weight is 218 g/mol. The summed E-state index contributed by atoms with van der Waals surface area (Å²) < 4.78 is 7.27. The highest BCUT2D eigenvalue weighted by Crippen LogP contribution is 2.24. The molecule has 2 aromatic rings. The molecule has 0 saturated carbocycles. The van der Waals surface area contributed by atoms with Crippen LogP contribution < -0.4 is 5.32 Å². The average Bonchev–Trinajstić information content (AvgIpc) is 2.96. The summed E-state index contributed by atoms with van der Waals surface area (Å²) in [6, 6.07) is 4.19. The van der Waals surface area contributed by atoms with Crippen LogP contribution in [0.4, 0.5) is 0 Å². The van der Waals surface area contributed by atoms with Crippen LogP contribution in [0.1, 0.15) is 24.8 Å². The third-order valence-electron chi connectivity index (χ3n) is 2.97. The van der Waals surface area contributed by atoms with Crippen LogP contribution in [0.25, 0.3) is 11.5 Å². The summed E-state index contributed by atoms with van der Waals surface area (Å²) in [5.41, 5.74) is 0.980. The van der Waals surface area contributed by atoms with Gasteiger partial charge in [-0.1, -0.05) is 5.16 Å². The van der Waals surface area contributed by atoms with Gasteiger partial charge in [0.25, 0.3) is 0 Å². The first-order valence-corrected chi connectivity index (χ1v) is 5.53. The zero-order valence-corrected chi connectivity index (χ0v) is 9.18. The van der Waals surface area contributed by atoms with Crippen molar-refractivity contribution in [3.63, 3.8) is 0 Å². The van der Waals surface area contributed by atoms with Crippen molar-refractivity contribution < 1.29 is 4.52 Å². The smallest absolute Gasteiger partial charge is 0.244 e. The Morgan fingerprint density at radius 3 is 3.19 bits per heavy atom. The van der Waals surface area contributed by atoms with Gasteiger partial charge >= 0.3 is 0 Å². The molecule has 0 radical (unpaired) electrons. The van der Waals surface area contributed by atoms with Crippen LogP contribution in [0.2, 0.25) is 0 Å². The predicted molar refractivity (Wildman–Crippen MR) is 58.7 cm³/mol. The first-order valence-electron chi connectivity index (χ1n) is 5.53. The molecule has 5 heteroatoms. The van der Waals surface area contributed by atoms with Crippen molar-refractivity contribution in [2.24, 2.45) is 7.05 Å². The molecule has 1 fully saturated rings. The highest BCUT2D eigenvalue weighted by molar-refractivity contribution is 5.49. The van der Waals surface area contributed by atoms with Gasteiger partial charge < -0.3 is 14.4 Å². The van der Waals surface area contributed by atoms with Crippen LogP contribution in [-0.4, -0.2) is 21.3 Å². The van der Waals surface area contributed by atoms with Gasteiger partial charge in [0.05, 0.1) is 11.7 Å². The molecule has 0 aliphatic carbocycles. The summed E-state index contributed by atoms with van der Waals surface area (Å²) in [7, 11) is 1.97. The Morgan fingerprint density at radius 1 is 1.56 bits per heavy atom. The Bertz CT molecular complexity index is 482. The second kappa shape index (κ2) is 3.75. The number of nitrogens with one attached hydrogen (secondary N) is 1. The van der Waals surface area contributed by atoms with Crippen LogP contribution >= 0.6 is 0 Å². The molecule has 1 aliphatic rings. The molecule has 1 atom stereocenters. The van der Waals surface area contributed by atoms with Gasteiger partial charge in [-0.25, -0.2) is 0 Å². The molecular formula is C11H14N4O. The number of nitrogens with zero attached hydrogens (tertiary/aromatic N) is 3. The zero-order chi connectivity index (χ0) is 11.0. The molecule has 1 N–H and O–H groups in total. The normalized spacial score (nSPS) is 20.4. The van der Waals surface area contributed by atoms with E-state index in [1.807, 2.05) is 29.9 Å². The number of aromatic nitrogens is 3. The Labute approximate surface area is 93.5 Å². The van der Waals surface area contributed by atoms with Crippen LogP contribution in [0.3, 0.4) is 0 Å². The molecule has 1 unspecified atom stereocenters. The van der Waals surface area contributed by atoms with Crippen molar-refractivity contribution in [2.45, 2.75) is 18.9 Å². The molecule has 3 rings (SSSR count). The highest BCUT2D eigenvalue weighted by atomic mass is 16.5. The second-order valence-corrected chi connectivity index (χ2v) is 4.11. The van der Waals surface area contributed by atoms with Crippen molar-refractivity contribution in [3.05, 3.63) is 24.2 Å². The molecule has 0 aromatic carbocycles. The first-order chi connectivity index (χ1) is 7.84. The Morgan fingerprint density at radius 2 is 2.50 bits per heavy atom. The van der Waals surface area contributed by atoms with E-state index in [9.17, 15) is 0 Å². The summed E-state index contributed by atoms with van der Waals surface area (Å²) in [5, 5.41) is 7.36. The fourth-order valence-electron chi connectivity index (χ4n) is 2.07. The van der Waals surface area contributed by atoms with Crippen LogP contribution in [0.5, 0.6) is 0 Å². The van der Waals surface area contributed by atoms with Crippen molar-refractivity contribution >= 4 is 0 Å². The minimum Gasteiger partial charge on any atom is -0.348 e. The number of rotatable bonds is 2. The fraction of sp³-hybridized carbons (Fsp3) is 0.455. The van der Waals surface area contributed by atoms with Gasteiger partial charge in [0, 0.05) is 13.2 Å². The van der Waals surface area contributed by atoms with Gasteiger partial charge in [-0.3, -0.25) is 0 Å². The molecule has 84 valence electrons. The Hall–Kier alpha value is -1.62. The third kappa shape index (κ3) is 1.53. The maximum atomic E-state index is 5.29. The maximum Gasteiger partial charge on any atom is 0.244 e. The number of aryl methyl sites for hydroxylation is 1. The summed E-state index contributed by atoms with van der Waals surface area (Å²) in [6.07, 6.45) is 4.22. The standard InChI is InChI=1S/C11H14N4O/c1-15-7-3-5-9(15)10-13-11(16-14-10)8-4-2-6-12-8/h3,5,7-8,12H,2,4,6H2,1H3. The molecule has 0 bridgehead atoms.